The Morgan fingerprint density at radius 1 is 1.21 bits per heavy atom. The summed E-state index contributed by atoms with van der Waals surface area (Å²) in [5.41, 5.74) is 3.91. The second-order valence-electron chi connectivity index (χ2n) is 10.4. The van der Waals surface area contributed by atoms with Gasteiger partial charge in [0.2, 0.25) is 5.91 Å². The van der Waals surface area contributed by atoms with E-state index < -0.39 is 12.3 Å². The number of rotatable bonds is 10. The van der Waals surface area contributed by atoms with Gasteiger partial charge in [-0.05, 0) is 55.9 Å². The lowest BCUT2D eigenvalue weighted by atomic mass is 10.0. The summed E-state index contributed by atoms with van der Waals surface area (Å²) in [5.74, 6) is 0.936. The molecule has 1 aromatic heterocycles. The molecule has 1 atom stereocenters. The molecular formula is C29H40ClN5O3S. The van der Waals surface area contributed by atoms with Gasteiger partial charge >= 0.3 is 6.09 Å². The first kappa shape index (κ1) is 29.4. The molecule has 2 aliphatic rings. The molecule has 0 saturated carbocycles. The van der Waals surface area contributed by atoms with Crippen LogP contribution < -0.4 is 9.80 Å². The maximum absolute atomic E-state index is 13.1. The van der Waals surface area contributed by atoms with Gasteiger partial charge in [0.15, 0.2) is 6.23 Å². The molecule has 2 aromatic rings. The molecule has 0 aliphatic carbocycles. The maximum atomic E-state index is 13.1. The molecule has 212 valence electrons. The van der Waals surface area contributed by atoms with Crippen LogP contribution in [0.15, 0.2) is 23.6 Å². The molecule has 4 rings (SSSR count). The van der Waals surface area contributed by atoms with Crippen molar-refractivity contribution >= 4 is 52.7 Å². The van der Waals surface area contributed by atoms with Gasteiger partial charge in [0.05, 0.1) is 12.1 Å². The van der Waals surface area contributed by atoms with E-state index in [0.29, 0.717) is 18.1 Å². The van der Waals surface area contributed by atoms with Gasteiger partial charge in [-0.2, -0.15) is 4.37 Å². The fourth-order valence-electron chi connectivity index (χ4n) is 5.26. The minimum Gasteiger partial charge on any atom is -0.425 e. The number of nitrogens with zero attached hydrogens (tertiary/aromatic N) is 5. The number of carbonyl (C=O) groups is 2. The van der Waals surface area contributed by atoms with E-state index in [1.807, 2.05) is 40.7 Å². The van der Waals surface area contributed by atoms with Crippen molar-refractivity contribution in [3.05, 3.63) is 45.3 Å². The van der Waals surface area contributed by atoms with Gasteiger partial charge in [-0.1, -0.05) is 43.7 Å². The topological polar surface area (TPSA) is 69.2 Å². The summed E-state index contributed by atoms with van der Waals surface area (Å²) in [6.07, 6.45) is 4.17. The molecule has 0 spiro atoms. The zero-order chi connectivity index (χ0) is 28.1. The summed E-state index contributed by atoms with van der Waals surface area (Å²) in [4.78, 5) is 33.9. The fraction of sp³-hybridized carbons (Fsp3) is 0.552. The van der Waals surface area contributed by atoms with Crippen molar-refractivity contribution in [1.82, 2.24) is 14.2 Å². The first-order valence-electron chi connectivity index (χ1n) is 13.9. The number of benzene rings is 1. The van der Waals surface area contributed by atoms with E-state index in [2.05, 4.69) is 37.8 Å². The van der Waals surface area contributed by atoms with Gasteiger partial charge in [0.25, 0.3) is 0 Å². The van der Waals surface area contributed by atoms with Gasteiger partial charge in [-0.15, -0.1) is 0 Å². The summed E-state index contributed by atoms with van der Waals surface area (Å²) in [7, 11) is 0. The van der Waals surface area contributed by atoms with E-state index in [1.54, 1.807) is 9.80 Å². The molecule has 0 N–H and O–H groups in total. The van der Waals surface area contributed by atoms with E-state index in [-0.39, 0.29) is 18.2 Å². The zero-order valence-electron chi connectivity index (χ0n) is 23.7. The van der Waals surface area contributed by atoms with Crippen LogP contribution in [-0.2, 0) is 22.4 Å². The van der Waals surface area contributed by atoms with Crippen molar-refractivity contribution in [3.63, 3.8) is 0 Å². The molecule has 1 aromatic carbocycles. The predicted molar refractivity (Wildman–Crippen MR) is 160 cm³/mol. The van der Waals surface area contributed by atoms with E-state index in [1.165, 1.54) is 17.1 Å². The van der Waals surface area contributed by atoms with Crippen LogP contribution in [-0.4, -0.2) is 78.2 Å². The van der Waals surface area contributed by atoms with Crippen LogP contribution in [0.4, 0.5) is 16.3 Å². The highest BCUT2D eigenvalue weighted by Gasteiger charge is 2.38. The van der Waals surface area contributed by atoms with Gasteiger partial charge in [0.1, 0.15) is 5.82 Å². The Bertz CT molecular complexity index is 1190. The summed E-state index contributed by atoms with van der Waals surface area (Å²) < 4.78 is 10.5. The number of ether oxygens (including phenoxy) is 1. The average Bonchev–Trinajstić information content (AvgIpc) is 3.50. The number of hydrogen-bond acceptors (Lipinski definition) is 7. The minimum absolute atomic E-state index is 0.0697. The Hall–Kier alpha value is -2.62. The number of aromatic nitrogens is 1. The normalized spacial score (nSPS) is 16.8. The van der Waals surface area contributed by atoms with E-state index >= 15 is 0 Å². The third-order valence-corrected chi connectivity index (χ3v) is 8.47. The van der Waals surface area contributed by atoms with Crippen LogP contribution in [0.1, 0.15) is 51.3 Å². The zero-order valence-corrected chi connectivity index (χ0v) is 25.2. The second kappa shape index (κ2) is 13.2. The molecule has 39 heavy (non-hydrogen) atoms. The lowest BCUT2D eigenvalue weighted by molar-refractivity contribution is -0.119. The molecule has 0 bridgehead atoms. The number of carbonyl (C=O) groups excluding carboxylic acids is 2. The molecular weight excluding hydrogens is 534 g/mol. The Balaban J connectivity index is 1.40. The molecule has 0 radical (unpaired) electrons. The highest BCUT2D eigenvalue weighted by atomic mass is 35.5. The van der Waals surface area contributed by atoms with Gasteiger partial charge in [-0.25, -0.2) is 4.79 Å². The number of fused-ring (bicyclic) bond motifs is 1. The van der Waals surface area contributed by atoms with Crippen molar-refractivity contribution < 1.29 is 14.3 Å². The monoisotopic (exact) mass is 573 g/mol. The standard InChI is InChI=1S/C29H40ClN5O3S/c1-6-9-22-19-39-31-27(22)34-14-12-32(13-15-34)11-10-21-16-23-17-26(36)35(25(23)18-24(21)30)28(20(4)5)38-29(37)33(7-2)8-3/h6,9,16,18-20,28H,7-8,10-15,17H2,1-5H3. The Morgan fingerprint density at radius 3 is 2.56 bits per heavy atom. The lowest BCUT2D eigenvalue weighted by Crippen LogP contribution is -2.47. The van der Waals surface area contributed by atoms with Crippen LogP contribution in [0.3, 0.4) is 0 Å². The van der Waals surface area contributed by atoms with Crippen LogP contribution in [0.2, 0.25) is 5.02 Å². The number of amides is 2. The smallest absolute Gasteiger partial charge is 0.411 e. The van der Waals surface area contributed by atoms with E-state index in [4.69, 9.17) is 16.3 Å². The molecule has 1 saturated heterocycles. The van der Waals surface area contributed by atoms with Crippen molar-refractivity contribution in [3.8, 4) is 0 Å². The van der Waals surface area contributed by atoms with E-state index in [9.17, 15) is 9.59 Å². The molecule has 2 aliphatic heterocycles. The predicted octanol–water partition coefficient (Wildman–Crippen LogP) is 5.54. The molecule has 1 fully saturated rings. The summed E-state index contributed by atoms with van der Waals surface area (Å²) >= 11 is 8.27. The van der Waals surface area contributed by atoms with Gasteiger partial charge < -0.3 is 14.5 Å². The molecule has 2 amide bonds. The third-order valence-electron chi connectivity index (χ3n) is 7.48. The summed E-state index contributed by atoms with van der Waals surface area (Å²) in [5, 5.41) is 2.74. The van der Waals surface area contributed by atoms with Crippen molar-refractivity contribution in [1.29, 1.82) is 0 Å². The van der Waals surface area contributed by atoms with Crippen molar-refractivity contribution in [2.24, 2.45) is 5.92 Å². The van der Waals surface area contributed by atoms with Crippen LogP contribution in [0, 0.1) is 5.92 Å². The second-order valence-corrected chi connectivity index (χ2v) is 11.4. The quantitative estimate of drug-likeness (QED) is 0.371. The minimum atomic E-state index is -0.684. The van der Waals surface area contributed by atoms with Crippen molar-refractivity contribution in [2.75, 3.05) is 55.6 Å². The average molecular weight is 574 g/mol. The van der Waals surface area contributed by atoms with Crippen LogP contribution in [0.5, 0.6) is 0 Å². The number of allylic oxidation sites excluding steroid dienone is 1. The molecule has 10 heteroatoms. The number of piperazine rings is 1. The summed E-state index contributed by atoms with van der Waals surface area (Å²) in [6.45, 7) is 15.6. The third kappa shape index (κ3) is 6.58. The fourth-order valence-corrected chi connectivity index (χ4v) is 6.18. The number of hydrogen-bond donors (Lipinski definition) is 0. The van der Waals surface area contributed by atoms with Crippen LogP contribution in [0.25, 0.3) is 6.08 Å². The first-order chi connectivity index (χ1) is 18.8. The van der Waals surface area contributed by atoms with Gasteiger partial charge in [-0.3, -0.25) is 14.6 Å². The molecule has 1 unspecified atom stereocenters. The first-order valence-corrected chi connectivity index (χ1v) is 15.1. The number of halogens is 1. The SMILES string of the molecule is CC=Cc1csnc1N1CCN(CCc2cc3c(cc2Cl)N(C(OC(=O)N(CC)CC)C(C)C)C(=O)C3)CC1. The Labute approximate surface area is 241 Å². The van der Waals surface area contributed by atoms with Crippen LogP contribution >= 0.6 is 23.1 Å². The maximum Gasteiger partial charge on any atom is 0.411 e. The lowest BCUT2D eigenvalue weighted by Gasteiger charge is -2.35. The van der Waals surface area contributed by atoms with Gasteiger partial charge in [0, 0.05) is 67.7 Å². The Morgan fingerprint density at radius 2 is 1.92 bits per heavy atom. The van der Waals surface area contributed by atoms with E-state index in [0.717, 1.165) is 61.8 Å². The molecule has 8 nitrogen and oxygen atoms in total. The number of anilines is 2. The Kier molecular flexibility index (Phi) is 9.91. The summed E-state index contributed by atoms with van der Waals surface area (Å²) in [6, 6.07) is 3.94. The molecule has 3 heterocycles. The highest BCUT2D eigenvalue weighted by molar-refractivity contribution is 7.04. The van der Waals surface area contributed by atoms with Crippen molar-refractivity contribution in [2.45, 2.75) is 53.7 Å². The largest absolute Gasteiger partial charge is 0.425 e. The highest BCUT2D eigenvalue weighted by Crippen LogP contribution is 2.37.